The minimum absolute atomic E-state index is 0.106. The quantitative estimate of drug-likeness (QED) is 0.0947. The van der Waals surface area contributed by atoms with Gasteiger partial charge in [0.15, 0.2) is 5.54 Å². The Hall–Kier alpha value is -3.07. The molecule has 9 atom stereocenters. The lowest BCUT2D eigenvalue weighted by molar-refractivity contribution is -0.147. The Labute approximate surface area is 391 Å². The van der Waals surface area contributed by atoms with Gasteiger partial charge >= 0.3 is 0 Å². The Balaban J connectivity index is 1.33. The fourth-order valence-electron chi connectivity index (χ4n) is 13.7. The lowest BCUT2D eigenvalue weighted by Crippen LogP contribution is -2.67. The second-order valence-corrected chi connectivity index (χ2v) is 25.3. The molecule has 6 aliphatic rings. The number of rotatable bonds is 18. The van der Waals surface area contributed by atoms with Crippen LogP contribution in [0.2, 0.25) is 0 Å². The maximum atomic E-state index is 15.7. The molecule has 6 rings (SSSR count). The number of nitrogens with zero attached hydrogens (tertiary/aromatic N) is 2. The molecule has 0 aromatic heterocycles. The average Bonchev–Trinajstić information content (AvgIpc) is 3.99. The van der Waals surface area contributed by atoms with Gasteiger partial charge in [-0.15, -0.1) is 0 Å². The number of fused-ring (bicyclic) bond motifs is 1. The molecule has 14 nitrogen and oxygen atoms in total. The number of hydrogen-bond acceptors (Lipinski definition) is 9. The monoisotopic (exact) mass is 928 g/mol. The van der Waals surface area contributed by atoms with E-state index in [1.165, 1.54) is 4.90 Å². The topological polar surface area (TPSA) is 198 Å². The third kappa shape index (κ3) is 8.82. The van der Waals surface area contributed by atoms with E-state index in [9.17, 15) is 22.8 Å². The van der Waals surface area contributed by atoms with Crippen molar-refractivity contribution in [3.63, 3.8) is 0 Å². The first-order valence-corrected chi connectivity index (χ1v) is 27.0. The van der Waals surface area contributed by atoms with Crippen LogP contribution in [-0.4, -0.2) is 108 Å². The lowest BCUT2D eigenvalue weighted by Gasteiger charge is -2.41. The molecule has 0 aromatic rings. The summed E-state index contributed by atoms with van der Waals surface area (Å²) in [5, 5.41) is 17.7. The fourth-order valence-corrected chi connectivity index (χ4v) is 15.1. The molecule has 4 aliphatic carbocycles. The van der Waals surface area contributed by atoms with Gasteiger partial charge in [0, 0.05) is 24.2 Å². The summed E-state index contributed by atoms with van der Waals surface area (Å²) in [6.45, 7) is 22.7. The van der Waals surface area contributed by atoms with E-state index in [4.69, 9.17) is 5.41 Å². The molecular weight excluding hydrogens is 843 g/mol. The number of carbonyl (C=O) groups is 5. The van der Waals surface area contributed by atoms with Crippen LogP contribution in [0.1, 0.15) is 185 Å². The zero-order chi connectivity index (χ0) is 48.1. The fraction of sp³-hybridized carbons (Fsp3) is 0.880. The zero-order valence-corrected chi connectivity index (χ0v) is 42.6. The number of likely N-dealkylation sites (tertiary alicyclic amines) is 2. The molecule has 2 aliphatic heterocycles. The van der Waals surface area contributed by atoms with Crippen LogP contribution < -0.4 is 20.7 Å². The molecule has 0 radical (unpaired) electrons. The summed E-state index contributed by atoms with van der Waals surface area (Å²) < 4.78 is 29.9. The minimum atomic E-state index is -4.11. The molecule has 5 amide bonds. The van der Waals surface area contributed by atoms with Crippen molar-refractivity contribution >= 4 is 45.8 Å². The molecule has 0 bridgehead atoms. The predicted octanol–water partition coefficient (Wildman–Crippen LogP) is 6.61. The van der Waals surface area contributed by atoms with Crippen molar-refractivity contribution in [1.82, 2.24) is 30.5 Å². The molecule has 0 aromatic carbocycles. The van der Waals surface area contributed by atoms with Crippen LogP contribution in [0.4, 0.5) is 0 Å². The van der Waals surface area contributed by atoms with Gasteiger partial charge in [0.25, 0.3) is 11.8 Å². The predicted molar refractivity (Wildman–Crippen MR) is 254 cm³/mol. The van der Waals surface area contributed by atoms with Gasteiger partial charge in [-0.05, 0) is 119 Å². The van der Waals surface area contributed by atoms with Crippen LogP contribution in [-0.2, 0) is 34.0 Å². The Kier molecular flexibility index (Phi) is 14.8. The molecule has 2 saturated heterocycles. The van der Waals surface area contributed by atoms with E-state index >= 15 is 9.59 Å². The molecule has 15 heteroatoms. The van der Waals surface area contributed by atoms with E-state index in [0.29, 0.717) is 25.7 Å². The Morgan fingerprint density at radius 2 is 1.51 bits per heavy atom. The van der Waals surface area contributed by atoms with E-state index < -0.39 is 72.9 Å². The number of sulfonamides is 1. The highest BCUT2D eigenvalue weighted by Gasteiger charge is 2.87. The van der Waals surface area contributed by atoms with Crippen LogP contribution in [0.15, 0.2) is 0 Å². The number of piperidine rings is 1. The summed E-state index contributed by atoms with van der Waals surface area (Å²) in [5.74, 6) is -3.16. The largest absolute Gasteiger partial charge is 0.343 e. The number of amides is 5. The number of hydrogen-bond donors (Lipinski definition) is 5. The molecule has 6 fully saturated rings. The van der Waals surface area contributed by atoms with Gasteiger partial charge in [0.1, 0.15) is 17.6 Å². The summed E-state index contributed by atoms with van der Waals surface area (Å²) in [5.41, 5.74) is -5.13. The van der Waals surface area contributed by atoms with Gasteiger partial charge in [-0.25, -0.2) is 8.42 Å². The standard InChI is InChI=1S/C50H85N7O7S/c1-12-21-34(13-2)33(6)65(63,64)55-44(62)50(28-36(50)14-3)54-43(61)47(30-51)29-49(46(10,11)48(49)25-20-26-48)31-57(47)42(60)39(45(7,8)9)53-41(59)38(35-22-16-15-17-23-35)52-40(58)37-24-18-19-27-56(37)32(4)5/h30,32-39,51H,12-29,31H2,1-11H3,(H,52,58)(H,53,59)(H,54,61)(H,55,62). The van der Waals surface area contributed by atoms with Gasteiger partial charge < -0.3 is 26.3 Å². The van der Waals surface area contributed by atoms with Crippen molar-refractivity contribution in [3.05, 3.63) is 0 Å². The van der Waals surface area contributed by atoms with E-state index in [0.717, 1.165) is 83.4 Å². The summed E-state index contributed by atoms with van der Waals surface area (Å²) in [7, 11) is -4.11. The normalized spacial score (nSPS) is 31.6. The summed E-state index contributed by atoms with van der Waals surface area (Å²) in [6, 6.07) is -2.17. The highest BCUT2D eigenvalue weighted by Crippen LogP contribution is 2.89. The van der Waals surface area contributed by atoms with Crippen molar-refractivity contribution < 1.29 is 32.4 Å². The number of carbonyl (C=O) groups excluding carboxylic acids is 5. The van der Waals surface area contributed by atoms with Gasteiger partial charge in [-0.1, -0.05) is 107 Å². The second kappa shape index (κ2) is 18.8. The average molecular weight is 928 g/mol. The van der Waals surface area contributed by atoms with Gasteiger partial charge in [0.05, 0.1) is 11.3 Å². The zero-order valence-electron chi connectivity index (χ0n) is 41.8. The Morgan fingerprint density at radius 1 is 0.862 bits per heavy atom. The van der Waals surface area contributed by atoms with E-state index in [1.807, 2.05) is 41.5 Å². The molecule has 4 saturated carbocycles. The maximum Gasteiger partial charge on any atom is 0.259 e. The summed E-state index contributed by atoms with van der Waals surface area (Å²) in [6.07, 6.45) is 14.2. The van der Waals surface area contributed by atoms with Crippen LogP contribution in [0.25, 0.3) is 0 Å². The van der Waals surface area contributed by atoms with Gasteiger partial charge in [0.2, 0.25) is 27.7 Å². The van der Waals surface area contributed by atoms with E-state index in [-0.39, 0.29) is 66.0 Å². The smallest absolute Gasteiger partial charge is 0.259 e. The Morgan fingerprint density at radius 3 is 2.02 bits per heavy atom. The third-order valence-electron chi connectivity index (χ3n) is 18.4. The highest BCUT2D eigenvalue weighted by atomic mass is 32.2. The summed E-state index contributed by atoms with van der Waals surface area (Å²) in [4.78, 5) is 78.1. The van der Waals surface area contributed by atoms with Gasteiger partial charge in [-0.3, -0.25) is 33.6 Å². The van der Waals surface area contributed by atoms with Gasteiger partial charge in [-0.2, -0.15) is 0 Å². The van der Waals surface area contributed by atoms with Crippen LogP contribution >= 0.6 is 0 Å². The molecule has 65 heavy (non-hydrogen) atoms. The lowest BCUT2D eigenvalue weighted by atomic mass is 9.72. The van der Waals surface area contributed by atoms with E-state index in [2.05, 4.69) is 53.3 Å². The number of nitrogens with one attached hydrogen (secondary N) is 5. The molecule has 2 spiro atoms. The molecule has 9 unspecified atom stereocenters. The second-order valence-electron chi connectivity index (χ2n) is 23.2. The summed E-state index contributed by atoms with van der Waals surface area (Å²) >= 11 is 0. The minimum Gasteiger partial charge on any atom is -0.343 e. The van der Waals surface area contributed by atoms with Crippen molar-refractivity contribution in [2.45, 2.75) is 226 Å². The first-order chi connectivity index (χ1) is 30.4. The Bertz CT molecular complexity index is 1940. The van der Waals surface area contributed by atoms with Crippen LogP contribution in [0.5, 0.6) is 0 Å². The maximum absolute atomic E-state index is 15.7. The van der Waals surface area contributed by atoms with Crippen LogP contribution in [0.3, 0.4) is 0 Å². The first-order valence-electron chi connectivity index (χ1n) is 25.5. The molecular formula is C50H85N7O7S. The van der Waals surface area contributed by atoms with Crippen molar-refractivity contribution in [2.24, 2.45) is 39.4 Å². The van der Waals surface area contributed by atoms with Crippen molar-refractivity contribution in [3.8, 4) is 0 Å². The first kappa shape index (κ1) is 51.3. The van der Waals surface area contributed by atoms with Crippen molar-refractivity contribution in [2.75, 3.05) is 13.1 Å². The molecule has 2 heterocycles. The highest BCUT2D eigenvalue weighted by molar-refractivity contribution is 7.90. The molecule has 5 N–H and O–H groups in total. The molecule has 368 valence electrons. The van der Waals surface area contributed by atoms with E-state index in [1.54, 1.807) is 6.92 Å². The van der Waals surface area contributed by atoms with Crippen molar-refractivity contribution in [1.29, 1.82) is 5.41 Å². The van der Waals surface area contributed by atoms with Crippen LogP contribution in [0, 0.1) is 44.8 Å². The SMILES string of the molecule is CCCC(CC)C(C)S(=O)(=O)NC(=O)C1(NC(=O)C2(C=N)CC3(CN2C(=O)C(NC(=O)C(NC(=O)C2CCCCN2C(C)C)C2CCCCC2)C(C)(C)C)C(C)(C)C32CCC2)CC1CC. The third-order valence-corrected chi connectivity index (χ3v) is 20.2.